The van der Waals surface area contributed by atoms with Crippen LogP contribution in [0.4, 0.5) is 0 Å². The zero-order valence-corrected chi connectivity index (χ0v) is 15.9. The molecule has 3 rings (SSSR count). The molecule has 1 aliphatic heterocycles. The van der Waals surface area contributed by atoms with Gasteiger partial charge in [-0.05, 0) is 53.8 Å². The Morgan fingerprint density at radius 2 is 1.68 bits per heavy atom. The van der Waals surface area contributed by atoms with Crippen LogP contribution in [0.25, 0.3) is 0 Å². The summed E-state index contributed by atoms with van der Waals surface area (Å²) >= 11 is 0. The molecule has 25 heavy (non-hydrogen) atoms. The predicted molar refractivity (Wildman–Crippen MR) is 97.0 cm³/mol. The van der Waals surface area contributed by atoms with E-state index in [9.17, 15) is 8.42 Å². The highest BCUT2D eigenvalue weighted by Gasteiger charge is 2.24. The van der Waals surface area contributed by atoms with Crippen molar-refractivity contribution < 1.29 is 17.9 Å². The van der Waals surface area contributed by atoms with Crippen LogP contribution in [0.15, 0.2) is 52.3 Å². The summed E-state index contributed by atoms with van der Waals surface area (Å²) in [6.07, 6.45) is 0.171. The molecule has 0 amide bonds. The van der Waals surface area contributed by atoms with Crippen LogP contribution < -0.4 is 4.74 Å². The van der Waals surface area contributed by atoms with Crippen LogP contribution in [0.5, 0.6) is 5.75 Å². The topological polar surface area (TPSA) is 55.9 Å². The number of rotatable bonds is 5. The molecule has 0 spiro atoms. The molecule has 0 aliphatic carbocycles. The minimum Gasteiger partial charge on any atom is -0.491 e. The Hall–Kier alpha value is -1.85. The van der Waals surface area contributed by atoms with Crippen molar-refractivity contribution in [3.8, 4) is 5.75 Å². The Morgan fingerprint density at radius 1 is 1.08 bits per heavy atom. The molecule has 0 bridgehead atoms. The van der Waals surface area contributed by atoms with Crippen molar-refractivity contribution in [1.29, 1.82) is 0 Å². The van der Waals surface area contributed by atoms with Crippen molar-refractivity contribution in [2.24, 2.45) is 0 Å². The highest BCUT2D eigenvalue weighted by Crippen LogP contribution is 2.29. The molecule has 1 fully saturated rings. The van der Waals surface area contributed by atoms with Crippen LogP contribution >= 0.6 is 0 Å². The van der Waals surface area contributed by atoms with Crippen molar-refractivity contribution in [3.05, 3.63) is 53.6 Å². The molecule has 5 heteroatoms. The second kappa shape index (κ2) is 6.46. The monoisotopic (exact) mass is 360 g/mol. The second-order valence-corrected chi connectivity index (χ2v) is 9.42. The van der Waals surface area contributed by atoms with Crippen molar-refractivity contribution >= 4 is 9.84 Å². The number of sulfone groups is 1. The van der Waals surface area contributed by atoms with Gasteiger partial charge in [0.2, 0.25) is 9.84 Å². The largest absolute Gasteiger partial charge is 0.491 e. The van der Waals surface area contributed by atoms with Crippen LogP contribution in [-0.2, 0) is 20.0 Å². The molecule has 0 saturated carbocycles. The molecule has 1 heterocycles. The quantitative estimate of drug-likeness (QED) is 0.759. The molecule has 134 valence electrons. The Bertz CT molecular complexity index is 858. The molecular formula is C20H24O4S. The van der Waals surface area contributed by atoms with E-state index in [4.69, 9.17) is 9.47 Å². The average Bonchev–Trinajstić information content (AvgIpc) is 3.37. The minimum atomic E-state index is -3.54. The van der Waals surface area contributed by atoms with E-state index in [0.29, 0.717) is 17.3 Å². The van der Waals surface area contributed by atoms with Gasteiger partial charge in [0.25, 0.3) is 0 Å². The molecule has 1 atom stereocenters. The lowest BCUT2D eigenvalue weighted by molar-refractivity contribution is 0.261. The minimum absolute atomic E-state index is 0.0108. The van der Waals surface area contributed by atoms with Crippen molar-refractivity contribution in [1.82, 2.24) is 0 Å². The van der Waals surface area contributed by atoms with E-state index in [0.717, 1.165) is 17.7 Å². The van der Waals surface area contributed by atoms with Crippen molar-refractivity contribution in [2.45, 2.75) is 49.0 Å². The van der Waals surface area contributed by atoms with Gasteiger partial charge in [-0.1, -0.05) is 32.9 Å². The van der Waals surface area contributed by atoms with Crippen LogP contribution in [0.3, 0.4) is 0 Å². The summed E-state index contributed by atoms with van der Waals surface area (Å²) in [5, 5.41) is 0. The van der Waals surface area contributed by atoms with Crippen LogP contribution in [0, 0.1) is 6.92 Å². The van der Waals surface area contributed by atoms with E-state index in [1.807, 2.05) is 19.1 Å². The number of epoxide rings is 1. The number of hydrogen-bond acceptors (Lipinski definition) is 4. The first kappa shape index (κ1) is 18.0. The first-order valence-corrected chi connectivity index (χ1v) is 9.87. The van der Waals surface area contributed by atoms with Gasteiger partial charge in [0, 0.05) is 0 Å². The summed E-state index contributed by atoms with van der Waals surface area (Å²) in [4.78, 5) is 0.587. The smallest absolute Gasteiger partial charge is 0.206 e. The lowest BCUT2D eigenvalue weighted by Gasteiger charge is -2.19. The highest BCUT2D eigenvalue weighted by molar-refractivity contribution is 7.91. The van der Waals surface area contributed by atoms with E-state index in [1.165, 1.54) is 0 Å². The first-order valence-electron chi connectivity index (χ1n) is 8.38. The number of ether oxygens (including phenoxy) is 2. The van der Waals surface area contributed by atoms with E-state index < -0.39 is 9.84 Å². The van der Waals surface area contributed by atoms with E-state index >= 15 is 0 Å². The fraction of sp³-hybridized carbons (Fsp3) is 0.400. The van der Waals surface area contributed by atoms with Gasteiger partial charge in [-0.15, -0.1) is 0 Å². The molecule has 2 aromatic carbocycles. The molecule has 1 aliphatic rings. The lowest BCUT2D eigenvalue weighted by atomic mass is 9.87. The summed E-state index contributed by atoms with van der Waals surface area (Å²) in [7, 11) is -3.54. The van der Waals surface area contributed by atoms with Gasteiger partial charge in [0.1, 0.15) is 18.5 Å². The molecule has 0 aromatic heterocycles. The maximum absolute atomic E-state index is 12.9. The van der Waals surface area contributed by atoms with E-state index in [-0.39, 0.29) is 16.4 Å². The standard InChI is InChI=1S/C20H24O4S/c1-14-11-18(9-10-19(14)24-13-16-12-23-16)25(21,22)17-7-5-15(6-8-17)20(2,3)4/h5-11,16H,12-13H2,1-4H3. The van der Waals surface area contributed by atoms with Gasteiger partial charge in [0.05, 0.1) is 16.4 Å². The van der Waals surface area contributed by atoms with Gasteiger partial charge < -0.3 is 9.47 Å². The summed E-state index contributed by atoms with van der Waals surface area (Å²) in [6, 6.07) is 12.1. The predicted octanol–water partition coefficient (Wildman–Crippen LogP) is 3.90. The molecular weight excluding hydrogens is 336 g/mol. The summed E-state index contributed by atoms with van der Waals surface area (Å²) < 4.78 is 36.5. The fourth-order valence-electron chi connectivity index (χ4n) is 2.57. The molecule has 0 radical (unpaired) electrons. The summed E-state index contributed by atoms with van der Waals surface area (Å²) in [5.41, 5.74) is 1.89. The molecule has 0 N–H and O–H groups in total. The van der Waals surface area contributed by atoms with Crippen LogP contribution in [0.2, 0.25) is 0 Å². The zero-order valence-electron chi connectivity index (χ0n) is 15.1. The number of hydrogen-bond donors (Lipinski definition) is 0. The van der Waals surface area contributed by atoms with Crippen LogP contribution in [-0.4, -0.2) is 27.7 Å². The van der Waals surface area contributed by atoms with Crippen LogP contribution in [0.1, 0.15) is 31.9 Å². The Balaban J connectivity index is 1.85. The Morgan fingerprint density at radius 3 is 2.20 bits per heavy atom. The third kappa shape index (κ3) is 4.05. The zero-order chi connectivity index (χ0) is 18.2. The summed E-state index contributed by atoms with van der Waals surface area (Å²) in [6.45, 7) is 9.39. The van der Waals surface area contributed by atoms with E-state index in [2.05, 4.69) is 20.8 Å². The maximum atomic E-state index is 12.9. The molecule has 2 aromatic rings. The third-order valence-corrected chi connectivity index (χ3v) is 6.08. The fourth-order valence-corrected chi connectivity index (χ4v) is 3.91. The Kier molecular flexibility index (Phi) is 4.64. The van der Waals surface area contributed by atoms with Gasteiger partial charge in [-0.3, -0.25) is 0 Å². The van der Waals surface area contributed by atoms with Gasteiger partial charge in [-0.2, -0.15) is 0 Å². The summed E-state index contributed by atoms with van der Waals surface area (Å²) in [5.74, 6) is 0.692. The molecule has 1 unspecified atom stereocenters. The molecule has 4 nitrogen and oxygen atoms in total. The normalized spacial score (nSPS) is 17.4. The van der Waals surface area contributed by atoms with Crippen molar-refractivity contribution in [3.63, 3.8) is 0 Å². The Labute approximate surface area is 149 Å². The van der Waals surface area contributed by atoms with Gasteiger partial charge in [-0.25, -0.2) is 8.42 Å². The first-order chi connectivity index (χ1) is 11.7. The molecule has 1 saturated heterocycles. The highest BCUT2D eigenvalue weighted by atomic mass is 32.2. The third-order valence-electron chi connectivity index (χ3n) is 4.31. The average molecular weight is 360 g/mol. The van der Waals surface area contributed by atoms with Crippen molar-refractivity contribution in [2.75, 3.05) is 13.2 Å². The number of benzene rings is 2. The maximum Gasteiger partial charge on any atom is 0.206 e. The lowest BCUT2D eigenvalue weighted by Crippen LogP contribution is -2.11. The SMILES string of the molecule is Cc1cc(S(=O)(=O)c2ccc(C(C)(C)C)cc2)ccc1OCC1CO1. The van der Waals surface area contributed by atoms with Gasteiger partial charge >= 0.3 is 0 Å². The van der Waals surface area contributed by atoms with Gasteiger partial charge in [0.15, 0.2) is 0 Å². The second-order valence-electron chi connectivity index (χ2n) is 7.47. The van der Waals surface area contributed by atoms with E-state index in [1.54, 1.807) is 30.3 Å². The number of aryl methyl sites for hydroxylation is 1.